The van der Waals surface area contributed by atoms with Crippen LogP contribution in [0.4, 0.5) is 0 Å². The zero-order valence-corrected chi connectivity index (χ0v) is 15.8. The van der Waals surface area contributed by atoms with Crippen molar-refractivity contribution < 1.29 is 0 Å². The smallest absolute Gasteiger partial charge is 0.0947 e. The van der Waals surface area contributed by atoms with Crippen LogP contribution in [-0.2, 0) is 11.8 Å². The first-order valence-electron chi connectivity index (χ1n) is 6.69. The number of aryl methyl sites for hydroxylation is 1. The molecule has 0 radical (unpaired) electrons. The van der Waals surface area contributed by atoms with Gasteiger partial charge in [0.15, 0.2) is 0 Å². The van der Waals surface area contributed by atoms with E-state index < -0.39 is 0 Å². The van der Waals surface area contributed by atoms with Gasteiger partial charge in [0, 0.05) is 28.1 Å². The molecule has 0 spiro atoms. The van der Waals surface area contributed by atoms with Crippen molar-refractivity contribution in [3.05, 3.63) is 36.4 Å². The molecule has 0 aliphatic rings. The van der Waals surface area contributed by atoms with Crippen LogP contribution in [0.5, 0.6) is 0 Å². The Balaban J connectivity index is 2.16. The van der Waals surface area contributed by atoms with Gasteiger partial charge >= 0.3 is 0 Å². The van der Waals surface area contributed by atoms with Crippen LogP contribution >= 0.6 is 38.6 Å². The number of halogens is 1. The van der Waals surface area contributed by atoms with E-state index in [4.69, 9.17) is 4.98 Å². The molecule has 1 unspecified atom stereocenters. The molecule has 0 aliphatic heterocycles. The van der Waals surface area contributed by atoms with Crippen LogP contribution in [-0.4, -0.2) is 12.0 Å². The van der Waals surface area contributed by atoms with Gasteiger partial charge < -0.3 is 5.32 Å². The Kier molecular flexibility index (Phi) is 5.05. The lowest BCUT2D eigenvalue weighted by molar-refractivity contribution is 0.562. The summed E-state index contributed by atoms with van der Waals surface area (Å²) in [7, 11) is 2.02. The molecule has 0 aromatic carbocycles. The van der Waals surface area contributed by atoms with Crippen LogP contribution < -0.4 is 5.32 Å². The van der Waals surface area contributed by atoms with Crippen LogP contribution in [0.1, 0.15) is 48.0 Å². The number of rotatable bonds is 4. The van der Waals surface area contributed by atoms with E-state index in [1.165, 1.54) is 24.9 Å². The summed E-state index contributed by atoms with van der Waals surface area (Å²) in [6.07, 6.45) is 0.948. The normalized spacial score (nSPS) is 13.7. The molecule has 1 N–H and O–H groups in total. The third kappa shape index (κ3) is 3.70. The number of hydrogen-bond acceptors (Lipinski definition) is 4. The average molecular weight is 373 g/mol. The van der Waals surface area contributed by atoms with Crippen molar-refractivity contribution in [1.29, 1.82) is 0 Å². The maximum absolute atomic E-state index is 4.80. The Morgan fingerprint density at radius 2 is 2.10 bits per heavy atom. The highest BCUT2D eigenvalue weighted by atomic mass is 79.9. The summed E-state index contributed by atoms with van der Waals surface area (Å²) >= 11 is 7.18. The van der Waals surface area contributed by atoms with Crippen LogP contribution in [0.15, 0.2) is 15.2 Å². The standard InChI is InChI=1S/C15H21BrN2S2/c1-9-6-11(20-14(9)16)10(17-5)7-13-18-12(8-19-13)15(2,3)4/h6,8,10,17H,7H2,1-5H3. The van der Waals surface area contributed by atoms with E-state index in [-0.39, 0.29) is 5.41 Å². The Hall–Kier alpha value is -0.230. The van der Waals surface area contributed by atoms with Crippen molar-refractivity contribution in [1.82, 2.24) is 10.3 Å². The molecule has 0 fully saturated rings. The maximum atomic E-state index is 4.80. The minimum atomic E-state index is 0.131. The van der Waals surface area contributed by atoms with Crippen LogP contribution in [0.25, 0.3) is 0 Å². The van der Waals surface area contributed by atoms with Gasteiger partial charge in [-0.05, 0) is 41.5 Å². The minimum absolute atomic E-state index is 0.131. The first-order valence-corrected chi connectivity index (χ1v) is 9.18. The molecule has 5 heteroatoms. The van der Waals surface area contributed by atoms with Crippen molar-refractivity contribution in [2.45, 2.75) is 45.6 Å². The number of thiazole rings is 1. The third-order valence-electron chi connectivity index (χ3n) is 3.27. The van der Waals surface area contributed by atoms with Crippen molar-refractivity contribution in [2.75, 3.05) is 7.05 Å². The first kappa shape index (κ1) is 16.1. The second-order valence-electron chi connectivity index (χ2n) is 6.03. The second-order valence-corrected chi connectivity index (χ2v) is 9.37. The first-order chi connectivity index (χ1) is 9.31. The van der Waals surface area contributed by atoms with Crippen LogP contribution in [0.2, 0.25) is 0 Å². The molecule has 0 saturated heterocycles. The number of thiophene rings is 1. The summed E-state index contributed by atoms with van der Waals surface area (Å²) in [5.74, 6) is 0. The molecule has 110 valence electrons. The SMILES string of the molecule is CNC(Cc1nc(C(C)(C)C)cs1)c1cc(C)c(Br)s1. The van der Waals surface area contributed by atoms with Gasteiger partial charge in [0.05, 0.1) is 14.5 Å². The number of aromatic nitrogens is 1. The molecule has 2 heterocycles. The van der Waals surface area contributed by atoms with Crippen molar-refractivity contribution in [3.8, 4) is 0 Å². The van der Waals surface area contributed by atoms with Gasteiger partial charge in [0.25, 0.3) is 0 Å². The molecule has 2 nitrogen and oxygen atoms in total. The highest BCUT2D eigenvalue weighted by Gasteiger charge is 2.20. The second kappa shape index (κ2) is 6.26. The Morgan fingerprint density at radius 3 is 2.55 bits per heavy atom. The molecule has 2 aromatic heterocycles. The maximum Gasteiger partial charge on any atom is 0.0947 e. The summed E-state index contributed by atoms with van der Waals surface area (Å²) in [6.45, 7) is 8.77. The molecule has 0 saturated carbocycles. The number of nitrogens with zero attached hydrogens (tertiary/aromatic N) is 1. The van der Waals surface area contributed by atoms with Gasteiger partial charge in [-0.2, -0.15) is 0 Å². The van der Waals surface area contributed by atoms with Gasteiger partial charge in [-0.1, -0.05) is 20.8 Å². The molecule has 0 bridgehead atoms. The van der Waals surface area contributed by atoms with Gasteiger partial charge in [0.1, 0.15) is 0 Å². The Morgan fingerprint density at radius 1 is 1.40 bits per heavy atom. The number of hydrogen-bond donors (Lipinski definition) is 1. The largest absolute Gasteiger partial charge is 0.312 e. The lowest BCUT2D eigenvalue weighted by Crippen LogP contribution is -2.18. The van der Waals surface area contributed by atoms with Gasteiger partial charge in [-0.25, -0.2) is 4.98 Å². The summed E-state index contributed by atoms with van der Waals surface area (Å²) in [5, 5.41) is 6.81. The quantitative estimate of drug-likeness (QED) is 0.809. The molecule has 20 heavy (non-hydrogen) atoms. The average Bonchev–Trinajstić information content (AvgIpc) is 2.94. The summed E-state index contributed by atoms with van der Waals surface area (Å²) < 4.78 is 1.22. The summed E-state index contributed by atoms with van der Waals surface area (Å²) in [6, 6.07) is 2.60. The Bertz CT molecular complexity index is 561. The lowest BCUT2D eigenvalue weighted by atomic mass is 9.93. The van der Waals surface area contributed by atoms with Gasteiger partial charge in [0.2, 0.25) is 0 Å². The van der Waals surface area contributed by atoms with E-state index in [0.717, 1.165) is 6.42 Å². The van der Waals surface area contributed by atoms with Crippen molar-refractivity contribution >= 4 is 38.6 Å². The van der Waals surface area contributed by atoms with E-state index in [0.29, 0.717) is 6.04 Å². The molecule has 1 atom stereocenters. The van der Waals surface area contributed by atoms with Gasteiger partial charge in [-0.15, -0.1) is 22.7 Å². The fourth-order valence-corrected chi connectivity index (χ4v) is 4.67. The molecular formula is C15H21BrN2S2. The van der Waals surface area contributed by atoms with E-state index >= 15 is 0 Å². The predicted molar refractivity (Wildman–Crippen MR) is 93.1 cm³/mol. The van der Waals surface area contributed by atoms with E-state index in [9.17, 15) is 0 Å². The predicted octanol–water partition coefficient (Wildman–Crippen LogP) is 5.08. The zero-order chi connectivity index (χ0) is 14.9. The highest BCUT2D eigenvalue weighted by molar-refractivity contribution is 9.11. The van der Waals surface area contributed by atoms with Crippen molar-refractivity contribution in [3.63, 3.8) is 0 Å². The van der Waals surface area contributed by atoms with E-state index in [1.807, 2.05) is 18.4 Å². The fraction of sp³-hybridized carbons (Fsp3) is 0.533. The lowest BCUT2D eigenvalue weighted by Gasteiger charge is -2.15. The summed E-state index contributed by atoms with van der Waals surface area (Å²) in [4.78, 5) is 6.16. The topological polar surface area (TPSA) is 24.9 Å². The molecule has 2 rings (SSSR count). The van der Waals surface area contributed by atoms with Crippen LogP contribution in [0.3, 0.4) is 0 Å². The number of likely N-dealkylation sites (N-methyl/N-ethyl adjacent to an activating group) is 1. The third-order valence-corrected chi connectivity index (χ3v) is 6.39. The van der Waals surface area contributed by atoms with Gasteiger partial charge in [-0.3, -0.25) is 0 Å². The van der Waals surface area contributed by atoms with E-state index in [1.54, 1.807) is 11.3 Å². The van der Waals surface area contributed by atoms with E-state index in [2.05, 4.69) is 60.4 Å². The molecule has 0 amide bonds. The summed E-state index contributed by atoms with van der Waals surface area (Å²) in [5.41, 5.74) is 2.63. The molecule has 0 aliphatic carbocycles. The number of nitrogens with one attached hydrogen (secondary N) is 1. The highest BCUT2D eigenvalue weighted by Crippen LogP contribution is 2.33. The Labute approximate surface area is 137 Å². The molecular weight excluding hydrogens is 352 g/mol. The molecule has 2 aromatic rings. The van der Waals surface area contributed by atoms with Crippen molar-refractivity contribution in [2.24, 2.45) is 0 Å². The zero-order valence-electron chi connectivity index (χ0n) is 12.6. The monoisotopic (exact) mass is 372 g/mol. The van der Waals surface area contributed by atoms with Crippen LogP contribution in [0, 0.1) is 6.92 Å². The minimum Gasteiger partial charge on any atom is -0.312 e. The fourth-order valence-electron chi connectivity index (χ4n) is 1.92.